The predicted octanol–water partition coefficient (Wildman–Crippen LogP) is 15.0. The highest BCUT2D eigenvalue weighted by atomic mass is 31.2. The molecule has 0 saturated heterocycles. The van der Waals surface area contributed by atoms with Gasteiger partial charge < -0.3 is 27.9 Å². The van der Waals surface area contributed by atoms with Crippen molar-refractivity contribution in [2.45, 2.75) is 245 Å². The maximum atomic E-state index is 12.7. The van der Waals surface area contributed by atoms with Crippen LogP contribution >= 0.6 is 7.82 Å². The molecule has 0 N–H and O–H groups in total. The van der Waals surface area contributed by atoms with Crippen molar-refractivity contribution < 1.29 is 42.1 Å². The Morgan fingerprint density at radius 3 is 1.27 bits per heavy atom. The zero-order chi connectivity index (χ0) is 46.4. The lowest BCUT2D eigenvalue weighted by molar-refractivity contribution is -0.870. The summed E-state index contributed by atoms with van der Waals surface area (Å²) in [6, 6.07) is 0. The molecule has 9 nitrogen and oxygen atoms in total. The van der Waals surface area contributed by atoms with Gasteiger partial charge in [-0.3, -0.25) is 14.2 Å². The molecule has 0 amide bonds. The Bertz CT molecular complexity index is 1170. The van der Waals surface area contributed by atoms with E-state index in [0.717, 1.165) is 57.8 Å². The van der Waals surface area contributed by atoms with Crippen molar-refractivity contribution in [3.8, 4) is 0 Å². The van der Waals surface area contributed by atoms with Crippen molar-refractivity contribution >= 4 is 19.8 Å². The Hall–Kier alpha value is -1.77. The van der Waals surface area contributed by atoms with E-state index in [9.17, 15) is 19.0 Å². The molecular formula is C53H100NO8P. The first-order valence-corrected chi connectivity index (χ1v) is 27.7. The Labute approximate surface area is 389 Å². The van der Waals surface area contributed by atoms with Gasteiger partial charge in [0.05, 0.1) is 27.7 Å². The standard InChI is InChI=1S/C53H100NO8P/c1-6-8-10-12-14-16-18-20-22-23-24-25-26-27-28-29-30-31-32-34-36-38-40-42-44-46-53(56)62-51(50-61-63(57,58)60-48-47-54(3,4)5)49-59-52(55)45-43-41-39-37-35-33-21-19-17-15-13-11-9-7-2/h18,20,23-24,26-27,51H,6-17,19,21-22,25,28-50H2,1-5H3/b20-18-,24-23-,27-26-. The van der Waals surface area contributed by atoms with Crippen LogP contribution in [0.1, 0.15) is 239 Å². The Morgan fingerprint density at radius 2 is 0.857 bits per heavy atom. The van der Waals surface area contributed by atoms with E-state index < -0.39 is 26.5 Å². The second-order valence-electron chi connectivity index (χ2n) is 18.9. The van der Waals surface area contributed by atoms with E-state index in [1.54, 1.807) is 0 Å². The van der Waals surface area contributed by atoms with Gasteiger partial charge in [0.2, 0.25) is 0 Å². The first-order valence-electron chi connectivity index (χ1n) is 26.2. The van der Waals surface area contributed by atoms with Gasteiger partial charge in [0.1, 0.15) is 19.8 Å². The number of hydrogen-bond acceptors (Lipinski definition) is 8. The molecule has 0 aromatic heterocycles. The van der Waals surface area contributed by atoms with Crippen molar-refractivity contribution in [3.63, 3.8) is 0 Å². The molecule has 63 heavy (non-hydrogen) atoms. The molecule has 0 fully saturated rings. The van der Waals surface area contributed by atoms with Crippen LogP contribution in [0.5, 0.6) is 0 Å². The van der Waals surface area contributed by atoms with Crippen molar-refractivity contribution in [1.29, 1.82) is 0 Å². The highest BCUT2D eigenvalue weighted by Gasteiger charge is 2.21. The number of esters is 2. The summed E-state index contributed by atoms with van der Waals surface area (Å²) in [6.45, 7) is 4.24. The van der Waals surface area contributed by atoms with E-state index in [1.165, 1.54) is 148 Å². The number of phosphoric acid groups is 1. The molecule has 0 aliphatic rings. The fourth-order valence-electron chi connectivity index (χ4n) is 7.31. The van der Waals surface area contributed by atoms with Gasteiger partial charge in [-0.2, -0.15) is 0 Å². The number of rotatable bonds is 48. The lowest BCUT2D eigenvalue weighted by Crippen LogP contribution is -2.37. The van der Waals surface area contributed by atoms with E-state index in [1.807, 2.05) is 21.1 Å². The molecule has 0 spiro atoms. The van der Waals surface area contributed by atoms with Crippen LogP contribution in [-0.2, 0) is 32.7 Å². The van der Waals surface area contributed by atoms with E-state index in [-0.39, 0.29) is 32.0 Å². The maximum Gasteiger partial charge on any atom is 0.306 e. The summed E-state index contributed by atoms with van der Waals surface area (Å²) in [5.41, 5.74) is 0. The van der Waals surface area contributed by atoms with Gasteiger partial charge in [-0.05, 0) is 51.4 Å². The first kappa shape index (κ1) is 61.2. The van der Waals surface area contributed by atoms with E-state index >= 15 is 0 Å². The van der Waals surface area contributed by atoms with Crippen LogP contribution in [-0.4, -0.2) is 70.0 Å². The van der Waals surface area contributed by atoms with Gasteiger partial charge in [0, 0.05) is 12.8 Å². The predicted molar refractivity (Wildman–Crippen MR) is 264 cm³/mol. The van der Waals surface area contributed by atoms with Gasteiger partial charge in [-0.15, -0.1) is 0 Å². The smallest absolute Gasteiger partial charge is 0.306 e. The zero-order valence-electron chi connectivity index (χ0n) is 41.8. The number of likely N-dealkylation sites (N-methyl/N-ethyl adjacent to an activating group) is 1. The average Bonchev–Trinajstić information content (AvgIpc) is 3.24. The highest BCUT2D eigenvalue weighted by Crippen LogP contribution is 2.38. The number of hydrogen-bond donors (Lipinski definition) is 0. The quantitative estimate of drug-likeness (QED) is 0.0195. The molecule has 2 unspecified atom stereocenters. The van der Waals surface area contributed by atoms with Crippen LogP contribution in [0.4, 0.5) is 0 Å². The number of quaternary nitrogens is 1. The van der Waals surface area contributed by atoms with Gasteiger partial charge in [-0.1, -0.05) is 211 Å². The summed E-state index contributed by atoms with van der Waals surface area (Å²) in [7, 11) is 1.17. The van der Waals surface area contributed by atoms with Crippen molar-refractivity contribution in [3.05, 3.63) is 36.5 Å². The van der Waals surface area contributed by atoms with Crippen LogP contribution in [0.3, 0.4) is 0 Å². The third-order valence-corrected chi connectivity index (χ3v) is 12.4. The molecule has 0 aliphatic carbocycles. The summed E-state index contributed by atoms with van der Waals surface area (Å²) in [5.74, 6) is -0.829. The van der Waals surface area contributed by atoms with Crippen molar-refractivity contribution in [1.82, 2.24) is 0 Å². The number of carbonyl (C=O) groups excluding carboxylic acids is 2. The molecule has 0 aromatic carbocycles. The average molecular weight is 910 g/mol. The minimum atomic E-state index is -4.63. The molecule has 2 atom stereocenters. The second kappa shape index (κ2) is 45.4. The minimum Gasteiger partial charge on any atom is -0.756 e. The summed E-state index contributed by atoms with van der Waals surface area (Å²) in [5, 5.41) is 0. The van der Waals surface area contributed by atoms with E-state index in [2.05, 4.69) is 50.3 Å². The lowest BCUT2D eigenvalue weighted by atomic mass is 10.0. The zero-order valence-corrected chi connectivity index (χ0v) is 42.7. The minimum absolute atomic E-state index is 0.0305. The second-order valence-corrected chi connectivity index (χ2v) is 20.3. The molecular weight excluding hydrogens is 810 g/mol. The van der Waals surface area contributed by atoms with Gasteiger partial charge in [-0.25, -0.2) is 0 Å². The topological polar surface area (TPSA) is 111 Å². The highest BCUT2D eigenvalue weighted by molar-refractivity contribution is 7.45. The normalized spacial score (nSPS) is 13.7. The van der Waals surface area contributed by atoms with E-state index in [4.69, 9.17) is 18.5 Å². The SMILES string of the molecule is CCCCCCC/C=C\C/C=C\C/C=C\CCCCCCCCCCCCC(=O)OC(COC(=O)CCCCCCCCCCCCCCCC)COP(=O)([O-])OCC[N+](C)(C)C. The van der Waals surface area contributed by atoms with Gasteiger partial charge >= 0.3 is 11.9 Å². The fourth-order valence-corrected chi connectivity index (χ4v) is 8.04. The molecule has 0 radical (unpaired) electrons. The van der Waals surface area contributed by atoms with Gasteiger partial charge in [0.25, 0.3) is 7.82 Å². The van der Waals surface area contributed by atoms with Crippen molar-refractivity contribution in [2.24, 2.45) is 0 Å². The molecule has 0 aromatic rings. The third-order valence-electron chi connectivity index (χ3n) is 11.4. The molecule has 0 aliphatic heterocycles. The molecule has 0 heterocycles. The first-order chi connectivity index (χ1) is 30.5. The lowest BCUT2D eigenvalue weighted by Gasteiger charge is -2.28. The largest absolute Gasteiger partial charge is 0.756 e. The summed E-state index contributed by atoms with van der Waals surface area (Å²) >= 11 is 0. The number of ether oxygens (including phenoxy) is 2. The molecule has 10 heteroatoms. The molecule has 0 saturated carbocycles. The van der Waals surface area contributed by atoms with Gasteiger partial charge in [0.15, 0.2) is 6.10 Å². The van der Waals surface area contributed by atoms with Crippen LogP contribution < -0.4 is 4.89 Å². The monoisotopic (exact) mass is 910 g/mol. The summed E-state index contributed by atoms with van der Waals surface area (Å²) in [4.78, 5) is 37.7. The van der Waals surface area contributed by atoms with Crippen LogP contribution in [0, 0.1) is 0 Å². The number of phosphoric ester groups is 1. The molecule has 370 valence electrons. The van der Waals surface area contributed by atoms with E-state index in [0.29, 0.717) is 17.4 Å². The fraction of sp³-hybridized carbons (Fsp3) is 0.849. The Morgan fingerprint density at radius 1 is 0.492 bits per heavy atom. The number of nitrogens with zero attached hydrogens (tertiary/aromatic N) is 1. The Kier molecular flexibility index (Phi) is 44.1. The van der Waals surface area contributed by atoms with Crippen LogP contribution in [0.15, 0.2) is 36.5 Å². The number of carbonyl (C=O) groups is 2. The van der Waals surface area contributed by atoms with Crippen molar-refractivity contribution in [2.75, 3.05) is 47.5 Å². The number of allylic oxidation sites excluding steroid dienone is 6. The molecule has 0 bridgehead atoms. The summed E-state index contributed by atoms with van der Waals surface area (Å²) in [6.07, 6.45) is 53.1. The third kappa shape index (κ3) is 49.5. The Balaban J connectivity index is 4.20. The summed E-state index contributed by atoms with van der Waals surface area (Å²) < 4.78 is 34.0. The number of unbranched alkanes of at least 4 members (excludes halogenated alkanes) is 28. The maximum absolute atomic E-state index is 12.7. The van der Waals surface area contributed by atoms with Crippen LogP contribution in [0.2, 0.25) is 0 Å². The molecule has 0 rings (SSSR count). The van der Waals surface area contributed by atoms with Crippen LogP contribution in [0.25, 0.3) is 0 Å².